The lowest BCUT2D eigenvalue weighted by Gasteiger charge is -2.12. The molecule has 4 rings (SSSR count). The predicted molar refractivity (Wildman–Crippen MR) is 133 cm³/mol. The lowest BCUT2D eigenvalue weighted by atomic mass is 10.1. The van der Waals surface area contributed by atoms with Gasteiger partial charge in [-0.2, -0.15) is 0 Å². The van der Waals surface area contributed by atoms with Crippen molar-refractivity contribution >= 4 is 44.0 Å². The minimum atomic E-state index is -4.01. The van der Waals surface area contributed by atoms with E-state index < -0.39 is 28.5 Å². The quantitative estimate of drug-likeness (QED) is 0.353. The van der Waals surface area contributed by atoms with Crippen LogP contribution in [0.2, 0.25) is 0 Å². The van der Waals surface area contributed by atoms with Crippen LogP contribution in [0, 0.1) is 0 Å². The largest absolute Gasteiger partial charge is 0.495 e. The molecule has 0 unspecified atom stereocenters. The third-order valence-corrected chi connectivity index (χ3v) is 6.46. The van der Waals surface area contributed by atoms with Crippen molar-refractivity contribution in [2.75, 3.05) is 23.8 Å². The summed E-state index contributed by atoms with van der Waals surface area (Å²) in [4.78, 5) is 24.6. The first kappa shape index (κ1) is 23.8. The van der Waals surface area contributed by atoms with Crippen molar-refractivity contribution in [3.63, 3.8) is 0 Å². The summed E-state index contributed by atoms with van der Waals surface area (Å²) in [6, 6.07) is 25.1. The van der Waals surface area contributed by atoms with E-state index in [1.807, 2.05) is 36.4 Å². The van der Waals surface area contributed by atoms with Crippen LogP contribution in [-0.2, 0) is 19.6 Å². The number of fused-ring (bicyclic) bond motifs is 1. The topological polar surface area (TPSA) is 111 Å². The smallest absolute Gasteiger partial charge is 0.338 e. The second-order valence-electron chi connectivity index (χ2n) is 7.52. The van der Waals surface area contributed by atoms with Gasteiger partial charge in [0.25, 0.3) is 15.9 Å². The standard InChI is InChI=1S/C26H22N2O6S/c1-33-24-12-5-4-11-23(24)28-35(31,32)22-10-6-9-20(16-22)26(30)34-17-25(29)27-21-14-13-18-7-2-3-8-19(18)15-21/h2-16,28H,17H2,1H3,(H,27,29). The average molecular weight is 491 g/mol. The number of sulfonamides is 1. The van der Waals surface area contributed by atoms with E-state index >= 15 is 0 Å². The number of benzene rings is 4. The van der Waals surface area contributed by atoms with E-state index in [-0.39, 0.29) is 16.1 Å². The number of hydrogen-bond donors (Lipinski definition) is 2. The van der Waals surface area contributed by atoms with Gasteiger partial charge in [-0.3, -0.25) is 9.52 Å². The van der Waals surface area contributed by atoms with Gasteiger partial charge < -0.3 is 14.8 Å². The highest BCUT2D eigenvalue weighted by molar-refractivity contribution is 7.92. The summed E-state index contributed by atoms with van der Waals surface area (Å²) < 4.78 is 38.3. The third-order valence-electron chi connectivity index (χ3n) is 5.10. The Morgan fingerprint density at radius 2 is 1.57 bits per heavy atom. The molecule has 4 aromatic rings. The molecule has 2 N–H and O–H groups in total. The van der Waals surface area contributed by atoms with Crippen LogP contribution in [0.5, 0.6) is 5.75 Å². The van der Waals surface area contributed by atoms with Gasteiger partial charge in [0.05, 0.1) is 23.3 Å². The number of carbonyl (C=O) groups excluding carboxylic acids is 2. The summed E-state index contributed by atoms with van der Waals surface area (Å²) in [5, 5.41) is 4.68. The maximum atomic E-state index is 12.8. The van der Waals surface area contributed by atoms with Crippen LogP contribution in [0.1, 0.15) is 10.4 Å². The summed E-state index contributed by atoms with van der Waals surface area (Å²) in [5.74, 6) is -0.993. The van der Waals surface area contributed by atoms with Crippen molar-refractivity contribution in [2.45, 2.75) is 4.90 Å². The highest BCUT2D eigenvalue weighted by Crippen LogP contribution is 2.26. The fourth-order valence-electron chi connectivity index (χ4n) is 3.40. The second-order valence-corrected chi connectivity index (χ2v) is 9.20. The van der Waals surface area contributed by atoms with Crippen molar-refractivity contribution in [1.29, 1.82) is 0 Å². The molecule has 0 atom stereocenters. The van der Waals surface area contributed by atoms with Crippen LogP contribution in [0.4, 0.5) is 11.4 Å². The SMILES string of the molecule is COc1ccccc1NS(=O)(=O)c1cccc(C(=O)OCC(=O)Nc2ccc3ccccc3c2)c1. The molecule has 0 aliphatic rings. The number of ether oxygens (including phenoxy) is 2. The number of amides is 1. The Hall–Kier alpha value is -4.37. The molecule has 1 amide bonds. The van der Waals surface area contributed by atoms with Gasteiger partial charge in [0, 0.05) is 5.69 Å². The number of esters is 1. The van der Waals surface area contributed by atoms with Crippen LogP contribution in [0.3, 0.4) is 0 Å². The Bertz CT molecular complexity index is 1500. The molecule has 4 aromatic carbocycles. The summed E-state index contributed by atoms with van der Waals surface area (Å²) in [5.41, 5.74) is 0.819. The number of carbonyl (C=O) groups is 2. The minimum absolute atomic E-state index is 0.00796. The molecular formula is C26H22N2O6S. The average Bonchev–Trinajstić information content (AvgIpc) is 2.87. The molecule has 0 fully saturated rings. The van der Waals surface area contributed by atoms with Crippen LogP contribution in [0.15, 0.2) is 95.9 Å². The van der Waals surface area contributed by atoms with E-state index in [4.69, 9.17) is 9.47 Å². The zero-order chi connectivity index (χ0) is 24.8. The Morgan fingerprint density at radius 3 is 2.37 bits per heavy atom. The molecule has 0 saturated carbocycles. The molecule has 178 valence electrons. The van der Waals surface area contributed by atoms with Crippen molar-refractivity contribution in [3.05, 3.63) is 96.6 Å². The van der Waals surface area contributed by atoms with Crippen molar-refractivity contribution < 1.29 is 27.5 Å². The van der Waals surface area contributed by atoms with E-state index in [2.05, 4.69) is 10.0 Å². The third kappa shape index (κ3) is 5.77. The summed E-state index contributed by atoms with van der Waals surface area (Å²) >= 11 is 0. The molecule has 8 nitrogen and oxygen atoms in total. The highest BCUT2D eigenvalue weighted by atomic mass is 32.2. The molecule has 0 saturated heterocycles. The maximum absolute atomic E-state index is 12.8. The second kappa shape index (κ2) is 10.3. The Balaban J connectivity index is 1.40. The minimum Gasteiger partial charge on any atom is -0.495 e. The molecule has 0 aromatic heterocycles. The van der Waals surface area contributed by atoms with Crippen molar-refractivity contribution in [3.8, 4) is 5.75 Å². The fraction of sp³-hybridized carbons (Fsp3) is 0.0769. The van der Waals surface area contributed by atoms with Gasteiger partial charge in [0.2, 0.25) is 0 Å². The maximum Gasteiger partial charge on any atom is 0.338 e. The number of anilines is 2. The van der Waals surface area contributed by atoms with E-state index in [0.717, 1.165) is 10.8 Å². The van der Waals surface area contributed by atoms with E-state index in [9.17, 15) is 18.0 Å². The normalized spacial score (nSPS) is 11.0. The number of methoxy groups -OCH3 is 1. The number of nitrogens with one attached hydrogen (secondary N) is 2. The summed E-state index contributed by atoms with van der Waals surface area (Å²) in [6.07, 6.45) is 0. The predicted octanol–water partition coefficient (Wildman–Crippen LogP) is 4.44. The molecule has 35 heavy (non-hydrogen) atoms. The van der Waals surface area contributed by atoms with E-state index in [0.29, 0.717) is 11.4 Å². The van der Waals surface area contributed by atoms with Gasteiger partial charge in [-0.1, -0.05) is 48.5 Å². The fourth-order valence-corrected chi connectivity index (χ4v) is 4.52. The number of rotatable bonds is 8. The molecule has 0 spiro atoms. The Kier molecular flexibility index (Phi) is 6.98. The number of para-hydroxylation sites is 2. The van der Waals surface area contributed by atoms with E-state index in [1.54, 1.807) is 30.3 Å². The first-order chi connectivity index (χ1) is 16.9. The van der Waals surface area contributed by atoms with E-state index in [1.165, 1.54) is 31.4 Å². The van der Waals surface area contributed by atoms with Crippen LogP contribution in [-0.4, -0.2) is 34.0 Å². The van der Waals surface area contributed by atoms with Gasteiger partial charge in [-0.15, -0.1) is 0 Å². The summed E-state index contributed by atoms with van der Waals surface area (Å²) in [6.45, 7) is -0.526. The highest BCUT2D eigenvalue weighted by Gasteiger charge is 2.19. The molecule has 0 bridgehead atoms. The first-order valence-corrected chi connectivity index (χ1v) is 12.1. The molecule has 0 radical (unpaired) electrons. The Morgan fingerprint density at radius 1 is 0.829 bits per heavy atom. The first-order valence-electron chi connectivity index (χ1n) is 10.6. The van der Waals surface area contributed by atoms with Gasteiger partial charge >= 0.3 is 5.97 Å². The van der Waals surface area contributed by atoms with Gasteiger partial charge in [0.15, 0.2) is 6.61 Å². The number of hydrogen-bond acceptors (Lipinski definition) is 6. The van der Waals surface area contributed by atoms with Crippen molar-refractivity contribution in [2.24, 2.45) is 0 Å². The van der Waals surface area contributed by atoms with Crippen LogP contribution in [0.25, 0.3) is 10.8 Å². The zero-order valence-corrected chi connectivity index (χ0v) is 19.5. The van der Waals surface area contributed by atoms with Crippen LogP contribution < -0.4 is 14.8 Å². The lowest BCUT2D eigenvalue weighted by molar-refractivity contribution is -0.119. The summed E-state index contributed by atoms with van der Waals surface area (Å²) in [7, 11) is -2.58. The molecular weight excluding hydrogens is 468 g/mol. The Labute approximate surface area is 202 Å². The van der Waals surface area contributed by atoms with Gasteiger partial charge in [0.1, 0.15) is 5.75 Å². The molecule has 9 heteroatoms. The lowest BCUT2D eigenvalue weighted by Crippen LogP contribution is -2.21. The van der Waals surface area contributed by atoms with Crippen LogP contribution >= 0.6 is 0 Å². The molecule has 0 aliphatic heterocycles. The van der Waals surface area contributed by atoms with Gasteiger partial charge in [-0.25, -0.2) is 13.2 Å². The zero-order valence-electron chi connectivity index (χ0n) is 18.7. The molecule has 0 heterocycles. The van der Waals surface area contributed by atoms with Crippen molar-refractivity contribution in [1.82, 2.24) is 0 Å². The van der Waals surface area contributed by atoms with Gasteiger partial charge in [-0.05, 0) is 53.2 Å². The monoisotopic (exact) mass is 490 g/mol. The molecule has 0 aliphatic carbocycles.